The van der Waals surface area contributed by atoms with E-state index < -0.39 is 11.7 Å². The Morgan fingerprint density at radius 1 is 0.884 bits per heavy atom. The highest BCUT2D eigenvalue weighted by Crippen LogP contribution is 2.19. The second kappa shape index (κ2) is 18.3. The van der Waals surface area contributed by atoms with Gasteiger partial charge in [-0.2, -0.15) is 0 Å². The molecule has 0 aliphatic heterocycles. The van der Waals surface area contributed by atoms with Gasteiger partial charge in [-0.3, -0.25) is 4.79 Å². The maximum absolute atomic E-state index is 12.2. The highest BCUT2D eigenvalue weighted by atomic mass is 16.6. The highest BCUT2D eigenvalue weighted by molar-refractivity contribution is 5.81. The molecule has 1 aromatic carbocycles. The van der Waals surface area contributed by atoms with Gasteiger partial charge in [0.15, 0.2) is 0 Å². The fourth-order valence-corrected chi connectivity index (χ4v) is 4.34. The summed E-state index contributed by atoms with van der Waals surface area (Å²) in [5.41, 5.74) is 7.56. The predicted molar refractivity (Wildman–Crippen MR) is 165 cm³/mol. The van der Waals surface area contributed by atoms with Crippen LogP contribution in [-0.2, 0) is 43.4 Å². The molecule has 3 rings (SSSR count). The van der Waals surface area contributed by atoms with Gasteiger partial charge in [0.25, 0.3) is 0 Å². The fourth-order valence-electron chi connectivity index (χ4n) is 4.34. The number of unbranched alkanes of at least 4 members (excludes halogenated alkanes) is 1. The molecule has 0 aliphatic carbocycles. The van der Waals surface area contributed by atoms with E-state index in [1.54, 1.807) is 0 Å². The number of rotatable bonds is 20. The minimum Gasteiger partial charge on any atom is -0.444 e. The van der Waals surface area contributed by atoms with Gasteiger partial charge in [-0.05, 0) is 56.7 Å². The molecule has 0 fully saturated rings. The summed E-state index contributed by atoms with van der Waals surface area (Å²) >= 11 is 0. The summed E-state index contributed by atoms with van der Waals surface area (Å²) in [6.45, 7) is 10.8. The van der Waals surface area contributed by atoms with Gasteiger partial charge in [0, 0.05) is 56.7 Å². The van der Waals surface area contributed by atoms with Crippen LogP contribution in [0.4, 0.5) is 4.79 Å². The molecule has 2 amide bonds. The second-order valence-electron chi connectivity index (χ2n) is 11.2. The van der Waals surface area contributed by atoms with Gasteiger partial charge >= 0.3 is 6.09 Å². The summed E-state index contributed by atoms with van der Waals surface area (Å²) in [6, 6.07) is 8.40. The molecule has 0 atom stereocenters. The summed E-state index contributed by atoms with van der Waals surface area (Å²) in [4.78, 5) is 28.2. The molecular formula is C31H48N6O6. The van der Waals surface area contributed by atoms with Gasteiger partial charge in [-0.25, -0.2) is 9.78 Å². The molecule has 43 heavy (non-hydrogen) atoms. The first-order chi connectivity index (χ1) is 20.7. The van der Waals surface area contributed by atoms with Crippen LogP contribution in [0.2, 0.25) is 0 Å². The van der Waals surface area contributed by atoms with Crippen LogP contribution in [0.1, 0.15) is 51.4 Å². The first-order valence-electron chi connectivity index (χ1n) is 15.0. The zero-order valence-electron chi connectivity index (χ0n) is 25.8. The molecule has 0 aliphatic rings. The molecule has 0 spiro atoms. The molecule has 0 saturated carbocycles. The summed E-state index contributed by atoms with van der Waals surface area (Å²) in [7, 11) is 0. The number of nitrogens with two attached hydrogens (primary N) is 1. The lowest BCUT2D eigenvalue weighted by Crippen LogP contribution is -2.34. The molecule has 0 radical (unpaired) electrons. The third-order valence-electron chi connectivity index (χ3n) is 6.47. The number of hydrogen-bond acceptors (Lipinski definition) is 8. The van der Waals surface area contributed by atoms with Crippen molar-refractivity contribution >= 4 is 22.9 Å². The molecule has 4 N–H and O–H groups in total. The average molecular weight is 601 g/mol. The van der Waals surface area contributed by atoms with Crippen LogP contribution in [0.25, 0.3) is 10.9 Å². The van der Waals surface area contributed by atoms with Gasteiger partial charge in [0.2, 0.25) is 5.91 Å². The zero-order valence-corrected chi connectivity index (χ0v) is 25.8. The van der Waals surface area contributed by atoms with Crippen LogP contribution in [0.3, 0.4) is 0 Å². The summed E-state index contributed by atoms with van der Waals surface area (Å²) in [6.07, 6.45) is 7.60. The Labute approximate surface area is 254 Å². The number of hydrogen-bond donors (Lipinski definition) is 3. The summed E-state index contributed by atoms with van der Waals surface area (Å²) in [5.74, 6) is 1.01. The van der Waals surface area contributed by atoms with E-state index in [-0.39, 0.29) is 5.91 Å². The predicted octanol–water partition coefficient (Wildman–Crippen LogP) is 3.21. The smallest absolute Gasteiger partial charge is 0.407 e. The molecule has 2 aromatic heterocycles. The Morgan fingerprint density at radius 2 is 1.58 bits per heavy atom. The van der Waals surface area contributed by atoms with Crippen LogP contribution in [0.15, 0.2) is 42.9 Å². The maximum Gasteiger partial charge on any atom is 0.407 e. The number of alkyl carbamates (subject to hydrolysis) is 1. The molecule has 0 saturated heterocycles. The van der Waals surface area contributed by atoms with E-state index in [1.807, 2.05) is 33.2 Å². The molecule has 238 valence electrons. The Hall–Kier alpha value is -3.45. The van der Waals surface area contributed by atoms with Crippen molar-refractivity contribution in [2.45, 2.75) is 65.3 Å². The Morgan fingerprint density at radius 3 is 2.28 bits per heavy atom. The van der Waals surface area contributed by atoms with Crippen molar-refractivity contribution in [2.24, 2.45) is 5.73 Å². The second-order valence-corrected chi connectivity index (χ2v) is 11.2. The minimum atomic E-state index is -0.517. The number of amides is 2. The quantitative estimate of drug-likeness (QED) is 0.168. The Kier molecular flexibility index (Phi) is 14.5. The third-order valence-corrected chi connectivity index (χ3v) is 6.47. The Bertz CT molecular complexity index is 1250. The number of fused-ring (bicyclic) bond motifs is 1. The molecule has 0 unspecified atom stereocenters. The van der Waals surface area contributed by atoms with Gasteiger partial charge in [-0.15, -0.1) is 0 Å². The van der Waals surface area contributed by atoms with E-state index in [0.717, 1.165) is 36.3 Å². The topological polar surface area (TPSA) is 144 Å². The normalized spacial score (nSPS) is 11.6. The molecule has 0 bridgehead atoms. The fraction of sp³-hybridized carbons (Fsp3) is 0.581. The van der Waals surface area contributed by atoms with Crippen molar-refractivity contribution in [3.63, 3.8) is 0 Å². The lowest BCUT2D eigenvalue weighted by molar-refractivity contribution is -0.121. The highest BCUT2D eigenvalue weighted by Gasteiger charge is 2.15. The molecule has 12 heteroatoms. The molecule has 2 heterocycles. The lowest BCUT2D eigenvalue weighted by atomic mass is 10.1. The Balaban J connectivity index is 1.15. The summed E-state index contributed by atoms with van der Waals surface area (Å²) < 4.78 is 25.9. The van der Waals surface area contributed by atoms with Crippen molar-refractivity contribution in [3.05, 3.63) is 54.2 Å². The number of nitrogens with one attached hydrogen (secondary N) is 2. The van der Waals surface area contributed by atoms with Crippen molar-refractivity contribution in [3.8, 4) is 0 Å². The van der Waals surface area contributed by atoms with Gasteiger partial charge in [0.05, 0.1) is 46.2 Å². The number of aromatic nitrogens is 3. The average Bonchev–Trinajstić information content (AvgIpc) is 3.59. The first kappa shape index (κ1) is 34.0. The minimum absolute atomic E-state index is 0.0264. The lowest BCUT2D eigenvalue weighted by Gasteiger charge is -2.19. The summed E-state index contributed by atoms with van der Waals surface area (Å²) in [5, 5.41) is 6.71. The number of ether oxygens (including phenoxy) is 4. The molecule has 3 aromatic rings. The van der Waals surface area contributed by atoms with Crippen molar-refractivity contribution < 1.29 is 28.5 Å². The monoisotopic (exact) mass is 600 g/mol. The van der Waals surface area contributed by atoms with Crippen LogP contribution >= 0.6 is 0 Å². The number of imidazole rings is 1. The largest absolute Gasteiger partial charge is 0.444 e. The number of aryl methyl sites for hydroxylation is 1. The first-order valence-corrected chi connectivity index (χ1v) is 15.0. The third kappa shape index (κ3) is 13.2. The van der Waals surface area contributed by atoms with E-state index in [0.29, 0.717) is 72.2 Å². The zero-order chi connectivity index (χ0) is 30.9. The van der Waals surface area contributed by atoms with Gasteiger partial charge < -0.3 is 44.4 Å². The number of carbonyl (C=O) groups excluding carboxylic acids is 2. The van der Waals surface area contributed by atoms with E-state index in [1.165, 1.54) is 5.39 Å². The molecular weight excluding hydrogens is 552 g/mol. The van der Waals surface area contributed by atoms with Crippen molar-refractivity contribution in [1.29, 1.82) is 0 Å². The standard InChI is InChI=1S/C31H48N6O6/c1-31(2,3)43-30(39)35-12-17-41-19-21-42-20-18-40-16-11-34-29(38)6-4-5-13-36-15-10-33-28(36)24-37-14-9-26-8-7-25(23-32)22-27(26)37/h7-10,14-15,22H,4-6,11-13,16-21,23-24,32H2,1-3H3,(H,34,38)(H,35,39). The SMILES string of the molecule is CC(C)(C)OC(=O)NCCOCCOCCOCCNC(=O)CCCCn1ccnc1Cn1ccc2ccc(CN)cc21. The van der Waals surface area contributed by atoms with E-state index in [2.05, 4.69) is 55.2 Å². The van der Waals surface area contributed by atoms with Crippen molar-refractivity contribution in [1.82, 2.24) is 24.8 Å². The van der Waals surface area contributed by atoms with E-state index in [9.17, 15) is 9.59 Å². The van der Waals surface area contributed by atoms with Gasteiger partial charge in [-0.1, -0.05) is 12.1 Å². The van der Waals surface area contributed by atoms with Gasteiger partial charge in [0.1, 0.15) is 11.4 Å². The van der Waals surface area contributed by atoms with Crippen molar-refractivity contribution in [2.75, 3.05) is 52.7 Å². The maximum atomic E-state index is 12.2. The van der Waals surface area contributed by atoms with E-state index in [4.69, 9.17) is 24.7 Å². The number of nitrogens with zero attached hydrogens (tertiary/aromatic N) is 3. The van der Waals surface area contributed by atoms with Crippen LogP contribution < -0.4 is 16.4 Å². The van der Waals surface area contributed by atoms with Crippen LogP contribution in [0.5, 0.6) is 0 Å². The number of carbonyl (C=O) groups is 2. The van der Waals surface area contributed by atoms with E-state index >= 15 is 0 Å². The van der Waals surface area contributed by atoms with Crippen LogP contribution in [-0.4, -0.2) is 84.5 Å². The van der Waals surface area contributed by atoms with Crippen LogP contribution in [0, 0.1) is 0 Å². The number of benzene rings is 1. The molecule has 12 nitrogen and oxygen atoms in total.